The number of anilines is 1. The highest BCUT2D eigenvalue weighted by molar-refractivity contribution is 6.30. The molecule has 0 radical (unpaired) electrons. The van der Waals surface area contributed by atoms with Gasteiger partial charge in [-0.05, 0) is 12.1 Å². The van der Waals surface area contributed by atoms with E-state index in [1.165, 1.54) is 0 Å². The number of aromatic nitrogens is 1. The van der Waals surface area contributed by atoms with Crippen LogP contribution < -0.4 is 5.73 Å². The molecular weight excluding hydrogens is 188 g/mol. The number of hydrogen-bond acceptors (Lipinski definition) is 3. The van der Waals surface area contributed by atoms with Crippen molar-refractivity contribution in [3.63, 3.8) is 0 Å². The van der Waals surface area contributed by atoms with Gasteiger partial charge in [0.1, 0.15) is 5.69 Å². The molecule has 0 spiro atoms. The molecule has 0 saturated carbocycles. The zero-order valence-corrected chi connectivity index (χ0v) is 7.45. The van der Waals surface area contributed by atoms with Gasteiger partial charge in [-0.2, -0.15) is 0 Å². The van der Waals surface area contributed by atoms with Crippen molar-refractivity contribution >= 4 is 17.5 Å². The summed E-state index contributed by atoms with van der Waals surface area (Å²) in [5.74, 6) is 0.301. The lowest BCUT2D eigenvalue weighted by atomic mass is 10.1. The first-order chi connectivity index (χ1) is 6.25. The van der Waals surface area contributed by atoms with E-state index in [1.807, 2.05) is 12.1 Å². The number of rotatable bonds is 1. The van der Waals surface area contributed by atoms with E-state index in [2.05, 4.69) is 5.16 Å². The lowest BCUT2D eigenvalue weighted by Crippen LogP contribution is -1.77. The van der Waals surface area contributed by atoms with Crippen LogP contribution in [0.1, 0.15) is 0 Å². The zero-order valence-electron chi connectivity index (χ0n) is 6.70. The fraction of sp³-hybridized carbons (Fsp3) is 0. The van der Waals surface area contributed by atoms with Crippen LogP contribution in [0.4, 0.5) is 5.88 Å². The normalized spacial score (nSPS) is 10.2. The predicted octanol–water partition coefficient (Wildman–Crippen LogP) is 2.58. The van der Waals surface area contributed by atoms with Crippen molar-refractivity contribution in [3.05, 3.63) is 35.4 Å². The molecule has 0 atom stereocenters. The van der Waals surface area contributed by atoms with Gasteiger partial charge in [0.25, 0.3) is 0 Å². The van der Waals surface area contributed by atoms with Gasteiger partial charge in [-0.1, -0.05) is 28.9 Å². The van der Waals surface area contributed by atoms with Crippen molar-refractivity contribution in [3.8, 4) is 11.3 Å². The van der Waals surface area contributed by atoms with E-state index in [-0.39, 0.29) is 0 Å². The molecule has 3 nitrogen and oxygen atoms in total. The molecule has 2 rings (SSSR count). The molecule has 1 aromatic carbocycles. The minimum Gasteiger partial charge on any atom is -0.368 e. The Labute approximate surface area is 80.1 Å². The second-order valence-corrected chi connectivity index (χ2v) is 3.06. The summed E-state index contributed by atoms with van der Waals surface area (Å²) in [4.78, 5) is 0. The van der Waals surface area contributed by atoms with Gasteiger partial charge >= 0.3 is 0 Å². The average Bonchev–Trinajstić information content (AvgIpc) is 2.52. The van der Waals surface area contributed by atoms with E-state index < -0.39 is 0 Å². The second-order valence-electron chi connectivity index (χ2n) is 2.62. The highest BCUT2D eigenvalue weighted by Gasteiger charge is 2.03. The second kappa shape index (κ2) is 3.11. The van der Waals surface area contributed by atoms with E-state index >= 15 is 0 Å². The summed E-state index contributed by atoms with van der Waals surface area (Å²) in [6.45, 7) is 0. The molecule has 2 aromatic rings. The zero-order chi connectivity index (χ0) is 9.26. The molecule has 1 heterocycles. The maximum absolute atomic E-state index is 5.81. The Morgan fingerprint density at radius 1 is 1.31 bits per heavy atom. The summed E-state index contributed by atoms with van der Waals surface area (Å²) < 4.78 is 4.74. The topological polar surface area (TPSA) is 52.0 Å². The van der Waals surface area contributed by atoms with Crippen molar-refractivity contribution in [2.45, 2.75) is 0 Å². The summed E-state index contributed by atoms with van der Waals surface area (Å²) in [6, 6.07) is 9.00. The summed E-state index contributed by atoms with van der Waals surface area (Å²) in [7, 11) is 0. The Hall–Kier alpha value is -1.48. The van der Waals surface area contributed by atoms with Gasteiger partial charge in [0, 0.05) is 16.7 Å². The number of nitrogens with zero attached hydrogens (tertiary/aromatic N) is 1. The SMILES string of the molecule is Nc1cc(-c2cccc(Cl)c2)no1. The average molecular weight is 195 g/mol. The quantitative estimate of drug-likeness (QED) is 0.759. The van der Waals surface area contributed by atoms with Crippen LogP contribution >= 0.6 is 11.6 Å². The van der Waals surface area contributed by atoms with E-state index in [1.54, 1.807) is 18.2 Å². The Bertz CT molecular complexity index is 425. The molecule has 1 aromatic heterocycles. The first-order valence-corrected chi connectivity index (χ1v) is 4.11. The van der Waals surface area contributed by atoms with Crippen LogP contribution in [0.3, 0.4) is 0 Å². The molecule has 0 aliphatic carbocycles. The minimum atomic E-state index is 0.301. The Kier molecular flexibility index (Phi) is 1.94. The van der Waals surface area contributed by atoms with Crippen LogP contribution in [0.25, 0.3) is 11.3 Å². The fourth-order valence-electron chi connectivity index (χ4n) is 1.07. The van der Waals surface area contributed by atoms with Crippen LogP contribution in [0, 0.1) is 0 Å². The lowest BCUT2D eigenvalue weighted by molar-refractivity contribution is 0.439. The molecule has 0 amide bonds. The summed E-state index contributed by atoms with van der Waals surface area (Å²) >= 11 is 5.81. The van der Waals surface area contributed by atoms with Crippen molar-refractivity contribution < 1.29 is 4.52 Å². The molecule has 0 aliphatic heterocycles. The molecule has 0 saturated heterocycles. The molecule has 0 unspecified atom stereocenters. The van der Waals surface area contributed by atoms with Crippen LogP contribution in [-0.2, 0) is 0 Å². The third kappa shape index (κ3) is 1.65. The third-order valence-corrected chi connectivity index (χ3v) is 1.88. The number of benzene rings is 1. The highest BCUT2D eigenvalue weighted by atomic mass is 35.5. The number of hydrogen-bond donors (Lipinski definition) is 1. The summed E-state index contributed by atoms with van der Waals surface area (Å²) in [5.41, 5.74) is 6.98. The molecule has 66 valence electrons. The van der Waals surface area contributed by atoms with Gasteiger partial charge in [0.15, 0.2) is 0 Å². The molecule has 0 fully saturated rings. The molecule has 13 heavy (non-hydrogen) atoms. The first kappa shape index (κ1) is 8.13. The van der Waals surface area contributed by atoms with E-state index in [9.17, 15) is 0 Å². The Morgan fingerprint density at radius 2 is 2.15 bits per heavy atom. The number of nitrogens with two attached hydrogens (primary N) is 1. The van der Waals surface area contributed by atoms with E-state index in [0.29, 0.717) is 16.6 Å². The van der Waals surface area contributed by atoms with Gasteiger partial charge in [-0.25, -0.2) is 0 Å². The van der Waals surface area contributed by atoms with Gasteiger partial charge in [-0.15, -0.1) is 0 Å². The largest absolute Gasteiger partial charge is 0.368 e. The highest BCUT2D eigenvalue weighted by Crippen LogP contribution is 2.22. The number of nitrogen functional groups attached to an aromatic ring is 1. The maximum atomic E-state index is 5.81. The molecule has 0 aliphatic rings. The van der Waals surface area contributed by atoms with E-state index in [0.717, 1.165) is 5.56 Å². The monoisotopic (exact) mass is 194 g/mol. The van der Waals surface area contributed by atoms with Crippen molar-refractivity contribution in [2.24, 2.45) is 0 Å². The van der Waals surface area contributed by atoms with Crippen LogP contribution in [0.2, 0.25) is 5.02 Å². The Morgan fingerprint density at radius 3 is 2.77 bits per heavy atom. The summed E-state index contributed by atoms with van der Waals surface area (Å²) in [5, 5.41) is 4.43. The minimum absolute atomic E-state index is 0.301. The molecular formula is C9H7ClN2O. The van der Waals surface area contributed by atoms with Crippen LogP contribution in [-0.4, -0.2) is 5.16 Å². The third-order valence-electron chi connectivity index (χ3n) is 1.65. The fourth-order valence-corrected chi connectivity index (χ4v) is 1.26. The summed E-state index contributed by atoms with van der Waals surface area (Å²) in [6.07, 6.45) is 0. The van der Waals surface area contributed by atoms with Crippen molar-refractivity contribution in [1.82, 2.24) is 5.16 Å². The molecule has 0 bridgehead atoms. The van der Waals surface area contributed by atoms with Gasteiger partial charge in [0.05, 0.1) is 0 Å². The van der Waals surface area contributed by atoms with E-state index in [4.69, 9.17) is 21.9 Å². The van der Waals surface area contributed by atoms with Crippen molar-refractivity contribution in [2.75, 3.05) is 5.73 Å². The van der Waals surface area contributed by atoms with Crippen LogP contribution in [0.15, 0.2) is 34.9 Å². The van der Waals surface area contributed by atoms with Gasteiger partial charge in [0.2, 0.25) is 5.88 Å². The standard InChI is InChI=1S/C9H7ClN2O/c10-7-3-1-2-6(4-7)8-5-9(11)13-12-8/h1-5H,11H2. The molecule has 2 N–H and O–H groups in total. The molecule has 4 heteroatoms. The first-order valence-electron chi connectivity index (χ1n) is 3.74. The number of halogens is 1. The lowest BCUT2D eigenvalue weighted by Gasteiger charge is -1.94. The maximum Gasteiger partial charge on any atom is 0.222 e. The smallest absolute Gasteiger partial charge is 0.222 e. The Balaban J connectivity index is 2.46. The predicted molar refractivity (Wildman–Crippen MR) is 51.4 cm³/mol. The van der Waals surface area contributed by atoms with Gasteiger partial charge < -0.3 is 10.3 Å². The van der Waals surface area contributed by atoms with Crippen molar-refractivity contribution in [1.29, 1.82) is 0 Å². The van der Waals surface area contributed by atoms with Crippen LogP contribution in [0.5, 0.6) is 0 Å². The van der Waals surface area contributed by atoms with Gasteiger partial charge in [-0.3, -0.25) is 0 Å².